The first-order valence-electron chi connectivity index (χ1n) is 5.75. The number of hydrogen-bond donors (Lipinski definition) is 2. The van der Waals surface area contributed by atoms with E-state index in [-0.39, 0.29) is 11.3 Å². The van der Waals surface area contributed by atoms with E-state index in [9.17, 15) is 4.79 Å². The Morgan fingerprint density at radius 1 is 1.53 bits per heavy atom. The highest BCUT2D eigenvalue weighted by Crippen LogP contribution is 2.17. The molecule has 17 heavy (non-hydrogen) atoms. The summed E-state index contributed by atoms with van der Waals surface area (Å²) in [7, 11) is 0. The minimum Gasteiger partial charge on any atom is -0.351 e. The number of nitrogens with two attached hydrogens (primary N) is 1. The Morgan fingerprint density at radius 3 is 2.71 bits per heavy atom. The zero-order valence-electron chi connectivity index (χ0n) is 10.9. The van der Waals surface area contributed by atoms with Gasteiger partial charge in [0.2, 0.25) is 5.91 Å². The van der Waals surface area contributed by atoms with Crippen LogP contribution in [-0.2, 0) is 11.3 Å². The number of nitrogens with zero attached hydrogens (tertiary/aromatic N) is 1. The number of pyridine rings is 1. The van der Waals surface area contributed by atoms with E-state index in [1.807, 2.05) is 33.8 Å². The molecule has 0 aliphatic heterocycles. The molecule has 0 fully saturated rings. The molecule has 0 saturated heterocycles. The molecule has 1 amide bonds. The molecule has 0 aliphatic rings. The molecule has 1 atom stereocenters. The Morgan fingerprint density at radius 2 is 2.18 bits per heavy atom. The standard InChI is InChI=1S/C13H21N3O/c1-9-5-6-15-7-10(9)8-16-12(17)11(14)13(2,3)4/h5-7,11H,8,14H2,1-4H3,(H,16,17)/t11-/m0/s1. The SMILES string of the molecule is Cc1ccncc1CNC(=O)[C@H](N)C(C)(C)C. The van der Waals surface area contributed by atoms with Crippen LogP contribution in [-0.4, -0.2) is 16.9 Å². The first-order valence-corrected chi connectivity index (χ1v) is 5.75. The van der Waals surface area contributed by atoms with E-state index in [4.69, 9.17) is 5.73 Å². The van der Waals surface area contributed by atoms with Gasteiger partial charge >= 0.3 is 0 Å². The van der Waals surface area contributed by atoms with E-state index >= 15 is 0 Å². The van der Waals surface area contributed by atoms with Gasteiger partial charge in [0.1, 0.15) is 0 Å². The van der Waals surface area contributed by atoms with Gasteiger partial charge in [-0.3, -0.25) is 9.78 Å². The molecule has 3 N–H and O–H groups in total. The fourth-order valence-electron chi connectivity index (χ4n) is 1.37. The van der Waals surface area contributed by atoms with Crippen LogP contribution in [0, 0.1) is 12.3 Å². The predicted molar refractivity (Wildman–Crippen MR) is 68.3 cm³/mol. The van der Waals surface area contributed by atoms with E-state index in [0.29, 0.717) is 6.54 Å². The van der Waals surface area contributed by atoms with E-state index in [1.54, 1.807) is 12.4 Å². The van der Waals surface area contributed by atoms with Crippen molar-refractivity contribution in [2.45, 2.75) is 40.3 Å². The van der Waals surface area contributed by atoms with Crippen molar-refractivity contribution < 1.29 is 4.79 Å². The molecule has 0 spiro atoms. The van der Waals surface area contributed by atoms with Crippen LogP contribution in [0.15, 0.2) is 18.5 Å². The average Bonchev–Trinajstić information content (AvgIpc) is 2.25. The molecule has 4 heteroatoms. The zero-order chi connectivity index (χ0) is 13.1. The van der Waals surface area contributed by atoms with Gasteiger partial charge in [-0.15, -0.1) is 0 Å². The summed E-state index contributed by atoms with van der Waals surface area (Å²) in [6.45, 7) is 8.32. The topological polar surface area (TPSA) is 68.0 Å². The second kappa shape index (κ2) is 5.27. The van der Waals surface area contributed by atoms with Crippen LogP contribution in [0.1, 0.15) is 31.9 Å². The van der Waals surface area contributed by atoms with Gasteiger partial charge in [-0.05, 0) is 29.5 Å². The summed E-state index contributed by atoms with van der Waals surface area (Å²) in [5, 5.41) is 2.84. The lowest BCUT2D eigenvalue weighted by Crippen LogP contribution is -2.48. The number of rotatable bonds is 3. The van der Waals surface area contributed by atoms with Gasteiger partial charge in [-0.2, -0.15) is 0 Å². The molecule has 0 radical (unpaired) electrons. The second-order valence-electron chi connectivity index (χ2n) is 5.36. The van der Waals surface area contributed by atoms with Crippen molar-refractivity contribution in [2.24, 2.45) is 11.1 Å². The van der Waals surface area contributed by atoms with Crippen LogP contribution in [0.5, 0.6) is 0 Å². The first-order chi connectivity index (χ1) is 7.82. The quantitative estimate of drug-likeness (QED) is 0.831. The molecule has 0 bridgehead atoms. The predicted octanol–water partition coefficient (Wildman–Crippen LogP) is 1.38. The number of amides is 1. The minimum atomic E-state index is -0.500. The highest BCUT2D eigenvalue weighted by Gasteiger charge is 2.27. The van der Waals surface area contributed by atoms with E-state index in [2.05, 4.69) is 10.3 Å². The fourth-order valence-corrected chi connectivity index (χ4v) is 1.37. The number of aromatic nitrogens is 1. The molecule has 0 saturated carbocycles. The average molecular weight is 235 g/mol. The lowest BCUT2D eigenvalue weighted by molar-refractivity contribution is -0.124. The van der Waals surface area contributed by atoms with Crippen LogP contribution >= 0.6 is 0 Å². The van der Waals surface area contributed by atoms with Crippen molar-refractivity contribution in [1.29, 1.82) is 0 Å². The Labute approximate surface area is 103 Å². The maximum atomic E-state index is 11.8. The van der Waals surface area contributed by atoms with Crippen molar-refractivity contribution >= 4 is 5.91 Å². The van der Waals surface area contributed by atoms with Crippen LogP contribution < -0.4 is 11.1 Å². The first kappa shape index (κ1) is 13.6. The monoisotopic (exact) mass is 235 g/mol. The van der Waals surface area contributed by atoms with Crippen molar-refractivity contribution in [3.63, 3.8) is 0 Å². The Balaban J connectivity index is 2.58. The van der Waals surface area contributed by atoms with E-state index < -0.39 is 6.04 Å². The molecule has 0 aromatic carbocycles. The fraction of sp³-hybridized carbons (Fsp3) is 0.538. The van der Waals surface area contributed by atoms with Crippen molar-refractivity contribution in [1.82, 2.24) is 10.3 Å². The van der Waals surface area contributed by atoms with Crippen molar-refractivity contribution in [2.75, 3.05) is 0 Å². The highest BCUT2D eigenvalue weighted by atomic mass is 16.2. The molecule has 1 aromatic rings. The number of aryl methyl sites for hydroxylation is 1. The van der Waals surface area contributed by atoms with Gasteiger partial charge < -0.3 is 11.1 Å². The lowest BCUT2D eigenvalue weighted by Gasteiger charge is -2.25. The molecule has 0 unspecified atom stereocenters. The van der Waals surface area contributed by atoms with Gasteiger partial charge in [0.15, 0.2) is 0 Å². The van der Waals surface area contributed by atoms with Gasteiger partial charge in [0.05, 0.1) is 6.04 Å². The Bertz CT molecular complexity index is 396. The van der Waals surface area contributed by atoms with E-state index in [0.717, 1.165) is 11.1 Å². The molecular weight excluding hydrogens is 214 g/mol. The van der Waals surface area contributed by atoms with E-state index in [1.165, 1.54) is 0 Å². The number of hydrogen-bond acceptors (Lipinski definition) is 3. The summed E-state index contributed by atoms with van der Waals surface area (Å²) in [4.78, 5) is 15.9. The number of carbonyl (C=O) groups excluding carboxylic acids is 1. The largest absolute Gasteiger partial charge is 0.351 e. The summed E-state index contributed by atoms with van der Waals surface area (Å²) in [5.41, 5.74) is 7.77. The van der Waals surface area contributed by atoms with Crippen LogP contribution in [0.4, 0.5) is 0 Å². The molecule has 1 heterocycles. The molecule has 0 aliphatic carbocycles. The van der Waals surface area contributed by atoms with Crippen LogP contribution in [0.25, 0.3) is 0 Å². The zero-order valence-corrected chi connectivity index (χ0v) is 10.9. The van der Waals surface area contributed by atoms with Gasteiger partial charge in [-0.1, -0.05) is 20.8 Å². The third kappa shape index (κ3) is 3.82. The maximum absolute atomic E-state index is 11.8. The van der Waals surface area contributed by atoms with Crippen LogP contribution in [0.2, 0.25) is 0 Å². The summed E-state index contributed by atoms with van der Waals surface area (Å²) in [6.07, 6.45) is 3.50. The van der Waals surface area contributed by atoms with Gasteiger partial charge in [-0.25, -0.2) is 0 Å². The Hall–Kier alpha value is -1.42. The lowest BCUT2D eigenvalue weighted by atomic mass is 9.87. The summed E-state index contributed by atoms with van der Waals surface area (Å²) >= 11 is 0. The van der Waals surface area contributed by atoms with Crippen molar-refractivity contribution in [3.05, 3.63) is 29.6 Å². The summed E-state index contributed by atoms with van der Waals surface area (Å²) in [6, 6.07) is 1.42. The van der Waals surface area contributed by atoms with Crippen LogP contribution in [0.3, 0.4) is 0 Å². The molecule has 4 nitrogen and oxygen atoms in total. The number of nitrogens with one attached hydrogen (secondary N) is 1. The molecular formula is C13H21N3O. The third-order valence-electron chi connectivity index (χ3n) is 2.82. The molecule has 1 rings (SSSR count). The minimum absolute atomic E-state index is 0.124. The summed E-state index contributed by atoms with van der Waals surface area (Å²) in [5.74, 6) is -0.124. The number of carbonyl (C=O) groups is 1. The summed E-state index contributed by atoms with van der Waals surface area (Å²) < 4.78 is 0. The smallest absolute Gasteiger partial charge is 0.237 e. The highest BCUT2D eigenvalue weighted by molar-refractivity contribution is 5.82. The Kier molecular flexibility index (Phi) is 4.23. The van der Waals surface area contributed by atoms with Crippen molar-refractivity contribution in [3.8, 4) is 0 Å². The third-order valence-corrected chi connectivity index (χ3v) is 2.82. The normalized spacial score (nSPS) is 13.2. The van der Waals surface area contributed by atoms with Gasteiger partial charge in [0, 0.05) is 18.9 Å². The molecule has 1 aromatic heterocycles. The second-order valence-corrected chi connectivity index (χ2v) is 5.36. The molecule has 94 valence electrons. The maximum Gasteiger partial charge on any atom is 0.237 e. The van der Waals surface area contributed by atoms with Gasteiger partial charge in [0.25, 0.3) is 0 Å².